The number of morpholine rings is 1. The average molecular weight is 277 g/mol. The molecule has 0 bridgehead atoms. The number of ether oxygens (including phenoxy) is 1. The molecule has 0 radical (unpaired) electrons. The normalized spacial score (nSPS) is 24.1. The summed E-state index contributed by atoms with van der Waals surface area (Å²) in [6, 6.07) is 0. The Morgan fingerprint density at radius 2 is 1.78 bits per heavy atom. The van der Waals surface area contributed by atoms with Crippen LogP contribution in [0, 0.1) is 5.92 Å². The second kappa shape index (κ2) is 6.49. The molecule has 2 rings (SSSR count). The van der Waals surface area contributed by atoms with Gasteiger partial charge in [-0.3, -0.25) is 9.46 Å². The molecule has 0 aromatic heterocycles. The van der Waals surface area contributed by atoms with Gasteiger partial charge in [0.15, 0.2) is 0 Å². The summed E-state index contributed by atoms with van der Waals surface area (Å²) in [6.07, 6.45) is 2.26. The van der Waals surface area contributed by atoms with Gasteiger partial charge in [-0.2, -0.15) is 0 Å². The van der Waals surface area contributed by atoms with E-state index < -0.39 is 7.60 Å². The summed E-state index contributed by atoms with van der Waals surface area (Å²) in [5.74, 6) is 0.397. The second-order valence-electron chi connectivity index (χ2n) is 4.77. The first-order valence-electron chi connectivity index (χ1n) is 6.92. The highest BCUT2D eigenvalue weighted by Gasteiger charge is 2.49. The lowest BCUT2D eigenvalue weighted by atomic mass is 10.3. The number of nitrogens with zero attached hydrogens (tertiary/aromatic N) is 1. The zero-order valence-electron chi connectivity index (χ0n) is 11.3. The molecule has 18 heavy (non-hydrogen) atoms. The summed E-state index contributed by atoms with van der Waals surface area (Å²) >= 11 is 0. The molecule has 2 aliphatic rings. The van der Waals surface area contributed by atoms with Gasteiger partial charge in [0.25, 0.3) is 0 Å². The zero-order valence-corrected chi connectivity index (χ0v) is 12.2. The van der Waals surface area contributed by atoms with E-state index in [1.165, 1.54) is 0 Å². The molecule has 0 aromatic carbocycles. The van der Waals surface area contributed by atoms with Crippen molar-refractivity contribution in [3.63, 3.8) is 0 Å². The van der Waals surface area contributed by atoms with Gasteiger partial charge >= 0.3 is 7.60 Å². The van der Waals surface area contributed by atoms with Crippen molar-refractivity contribution in [1.29, 1.82) is 0 Å². The lowest BCUT2D eigenvalue weighted by Gasteiger charge is -2.37. The van der Waals surface area contributed by atoms with E-state index in [1.54, 1.807) is 0 Å². The van der Waals surface area contributed by atoms with Gasteiger partial charge < -0.3 is 13.8 Å². The highest BCUT2D eigenvalue weighted by atomic mass is 31.2. The minimum Gasteiger partial charge on any atom is -0.379 e. The highest BCUT2D eigenvalue weighted by molar-refractivity contribution is 7.54. The summed E-state index contributed by atoms with van der Waals surface area (Å²) in [7, 11) is -3.02. The van der Waals surface area contributed by atoms with E-state index in [2.05, 4.69) is 4.90 Å². The van der Waals surface area contributed by atoms with Crippen molar-refractivity contribution in [3.05, 3.63) is 0 Å². The van der Waals surface area contributed by atoms with Gasteiger partial charge in [-0.15, -0.1) is 0 Å². The fourth-order valence-corrected chi connectivity index (χ4v) is 5.09. The van der Waals surface area contributed by atoms with Crippen molar-refractivity contribution in [1.82, 2.24) is 4.90 Å². The Bertz CT molecular complexity index is 292. The van der Waals surface area contributed by atoms with Gasteiger partial charge in [0, 0.05) is 13.1 Å². The molecule has 5 nitrogen and oxygen atoms in total. The maximum absolute atomic E-state index is 13.0. The number of hydrogen-bond donors (Lipinski definition) is 0. The predicted octanol–water partition coefficient (Wildman–Crippen LogP) is 2.32. The highest BCUT2D eigenvalue weighted by Crippen LogP contribution is 2.61. The van der Waals surface area contributed by atoms with E-state index in [0.29, 0.717) is 32.3 Å². The predicted molar refractivity (Wildman–Crippen MR) is 69.8 cm³/mol. The van der Waals surface area contributed by atoms with Gasteiger partial charge in [0.2, 0.25) is 0 Å². The van der Waals surface area contributed by atoms with Crippen molar-refractivity contribution < 1.29 is 18.3 Å². The average Bonchev–Trinajstić information content (AvgIpc) is 3.15. The Kier molecular flexibility index (Phi) is 5.22. The minimum atomic E-state index is -3.02. The molecular formula is C12H24NO4P. The van der Waals surface area contributed by atoms with Crippen LogP contribution in [0.25, 0.3) is 0 Å². The second-order valence-corrected chi connectivity index (χ2v) is 6.90. The molecule has 2 fully saturated rings. The van der Waals surface area contributed by atoms with Crippen LogP contribution < -0.4 is 0 Å². The lowest BCUT2D eigenvalue weighted by molar-refractivity contribution is 0.0202. The van der Waals surface area contributed by atoms with Crippen LogP contribution in [-0.2, 0) is 18.3 Å². The molecule has 1 atom stereocenters. The van der Waals surface area contributed by atoms with E-state index in [9.17, 15) is 4.57 Å². The van der Waals surface area contributed by atoms with E-state index in [0.717, 1.165) is 25.9 Å². The molecule has 1 heterocycles. The largest absolute Gasteiger partial charge is 0.379 e. The molecule has 0 unspecified atom stereocenters. The maximum Gasteiger partial charge on any atom is 0.347 e. The van der Waals surface area contributed by atoms with E-state index in [4.69, 9.17) is 13.8 Å². The Morgan fingerprint density at radius 1 is 1.22 bits per heavy atom. The molecule has 0 amide bonds. The van der Waals surface area contributed by atoms with Crippen LogP contribution in [-0.4, -0.2) is 50.2 Å². The lowest BCUT2D eigenvalue weighted by Crippen LogP contribution is -2.45. The molecular weight excluding hydrogens is 253 g/mol. The summed E-state index contributed by atoms with van der Waals surface area (Å²) in [5, 5.41) is 0. The first-order chi connectivity index (χ1) is 8.71. The molecule has 0 N–H and O–H groups in total. The van der Waals surface area contributed by atoms with Crippen molar-refractivity contribution in [3.8, 4) is 0 Å². The van der Waals surface area contributed by atoms with Crippen LogP contribution in [0.3, 0.4) is 0 Å². The maximum atomic E-state index is 13.0. The zero-order chi connectivity index (χ0) is 13.0. The Morgan fingerprint density at radius 3 is 2.22 bits per heavy atom. The quantitative estimate of drug-likeness (QED) is 0.668. The molecule has 1 saturated carbocycles. The van der Waals surface area contributed by atoms with E-state index >= 15 is 0 Å². The van der Waals surface area contributed by atoms with Gasteiger partial charge in [-0.1, -0.05) is 0 Å². The summed E-state index contributed by atoms with van der Waals surface area (Å²) < 4.78 is 29.4. The third-order valence-electron chi connectivity index (χ3n) is 3.41. The molecule has 6 heteroatoms. The number of hydrogen-bond acceptors (Lipinski definition) is 5. The Hall–Kier alpha value is 0.0700. The fraction of sp³-hybridized carbons (Fsp3) is 1.00. The Labute approximate surface area is 109 Å². The summed E-state index contributed by atoms with van der Waals surface area (Å²) in [5.41, 5.74) is 0. The SMILES string of the molecule is CCOP(=O)(OCC)[C@@H](C1CC1)N1CCOCC1. The molecule has 0 aromatic rings. The van der Waals surface area contributed by atoms with Crippen molar-refractivity contribution in [2.24, 2.45) is 5.92 Å². The van der Waals surface area contributed by atoms with Gasteiger partial charge in [-0.25, -0.2) is 0 Å². The topological polar surface area (TPSA) is 48.0 Å². The summed E-state index contributed by atoms with van der Waals surface area (Å²) in [4.78, 5) is 2.24. The van der Waals surface area contributed by atoms with Crippen molar-refractivity contribution in [2.75, 3.05) is 39.5 Å². The van der Waals surface area contributed by atoms with Crippen LogP contribution in [0.2, 0.25) is 0 Å². The number of rotatable bonds is 7. The molecule has 0 spiro atoms. The smallest absolute Gasteiger partial charge is 0.347 e. The van der Waals surface area contributed by atoms with E-state index in [-0.39, 0.29) is 5.78 Å². The third-order valence-corrected chi connectivity index (χ3v) is 6.04. The van der Waals surface area contributed by atoms with Crippen LogP contribution in [0.1, 0.15) is 26.7 Å². The van der Waals surface area contributed by atoms with E-state index in [1.807, 2.05) is 13.8 Å². The molecule has 1 aliphatic heterocycles. The first kappa shape index (κ1) is 14.5. The standard InChI is InChI=1S/C12H24NO4P/c1-3-16-18(14,17-4-2)12(11-5-6-11)13-7-9-15-10-8-13/h11-12H,3-10H2,1-2H3/t12-/m0/s1. The molecule has 106 valence electrons. The van der Waals surface area contributed by atoms with Crippen LogP contribution in [0.4, 0.5) is 0 Å². The van der Waals surface area contributed by atoms with Crippen LogP contribution in [0.5, 0.6) is 0 Å². The third kappa shape index (κ3) is 3.34. The Balaban J connectivity index is 2.12. The summed E-state index contributed by atoms with van der Waals surface area (Å²) in [6.45, 7) is 7.68. The van der Waals surface area contributed by atoms with Gasteiger partial charge in [-0.05, 0) is 32.6 Å². The molecule has 1 aliphatic carbocycles. The van der Waals surface area contributed by atoms with Crippen LogP contribution >= 0.6 is 7.60 Å². The van der Waals surface area contributed by atoms with Gasteiger partial charge in [0.05, 0.1) is 26.4 Å². The van der Waals surface area contributed by atoms with Crippen molar-refractivity contribution in [2.45, 2.75) is 32.5 Å². The van der Waals surface area contributed by atoms with Crippen molar-refractivity contribution >= 4 is 7.60 Å². The monoisotopic (exact) mass is 277 g/mol. The first-order valence-corrected chi connectivity index (χ1v) is 8.53. The molecule has 1 saturated heterocycles. The minimum absolute atomic E-state index is 0.0682. The fourth-order valence-electron chi connectivity index (χ4n) is 2.54. The van der Waals surface area contributed by atoms with Gasteiger partial charge in [0.1, 0.15) is 5.78 Å². The van der Waals surface area contributed by atoms with Crippen LogP contribution in [0.15, 0.2) is 0 Å².